The number of hydrogen-bond donors (Lipinski definition) is 1. The van der Waals surface area contributed by atoms with Crippen LogP contribution in [0.25, 0.3) is 5.69 Å². The number of amides is 1. The molecular formula is C19H26N4O2. The minimum atomic E-state index is 0.115. The molecule has 134 valence electrons. The van der Waals surface area contributed by atoms with Crippen molar-refractivity contribution in [2.45, 2.75) is 39.0 Å². The van der Waals surface area contributed by atoms with E-state index < -0.39 is 0 Å². The van der Waals surface area contributed by atoms with Crippen LogP contribution in [0.3, 0.4) is 0 Å². The fourth-order valence-electron chi connectivity index (χ4n) is 3.14. The Bertz CT molecular complexity index is 676. The lowest BCUT2D eigenvalue weighted by Crippen LogP contribution is -2.48. The molecule has 1 N–H and O–H groups in total. The number of benzene rings is 1. The molecule has 1 aliphatic heterocycles. The van der Waals surface area contributed by atoms with E-state index in [1.54, 1.807) is 0 Å². The van der Waals surface area contributed by atoms with Crippen molar-refractivity contribution >= 4 is 5.91 Å². The van der Waals surface area contributed by atoms with E-state index in [-0.39, 0.29) is 18.1 Å². The topological polar surface area (TPSA) is 59.4 Å². The molecular weight excluding hydrogens is 316 g/mol. The van der Waals surface area contributed by atoms with Crippen LogP contribution in [0.4, 0.5) is 0 Å². The highest BCUT2D eigenvalue weighted by Gasteiger charge is 2.25. The van der Waals surface area contributed by atoms with Gasteiger partial charge in [0.1, 0.15) is 0 Å². The molecule has 2 aromatic rings. The smallest absolute Gasteiger partial charge is 0.224 e. The number of hydrogen-bond acceptors (Lipinski definition) is 4. The molecule has 1 amide bonds. The zero-order chi connectivity index (χ0) is 17.6. The third-order valence-electron chi connectivity index (χ3n) is 4.27. The van der Waals surface area contributed by atoms with Crippen LogP contribution in [-0.2, 0) is 16.1 Å². The predicted molar refractivity (Wildman–Crippen MR) is 96.5 cm³/mol. The second-order valence-corrected chi connectivity index (χ2v) is 6.61. The zero-order valence-corrected chi connectivity index (χ0v) is 14.9. The van der Waals surface area contributed by atoms with E-state index in [2.05, 4.69) is 10.4 Å². The van der Waals surface area contributed by atoms with E-state index in [4.69, 9.17) is 4.74 Å². The van der Waals surface area contributed by atoms with Gasteiger partial charge in [0.25, 0.3) is 0 Å². The Balaban J connectivity index is 1.41. The number of rotatable bonds is 6. The average Bonchev–Trinajstić information content (AvgIpc) is 3.07. The zero-order valence-electron chi connectivity index (χ0n) is 14.9. The van der Waals surface area contributed by atoms with Gasteiger partial charge in [-0.25, -0.2) is 4.68 Å². The third-order valence-corrected chi connectivity index (χ3v) is 4.27. The van der Waals surface area contributed by atoms with Crippen LogP contribution in [0, 0.1) is 0 Å². The Labute approximate surface area is 148 Å². The molecule has 2 atom stereocenters. The highest BCUT2D eigenvalue weighted by Crippen LogP contribution is 2.11. The van der Waals surface area contributed by atoms with Crippen molar-refractivity contribution in [2.24, 2.45) is 0 Å². The number of carbonyl (C=O) groups is 1. The molecule has 25 heavy (non-hydrogen) atoms. The quantitative estimate of drug-likeness (QED) is 0.816. The first-order valence-corrected chi connectivity index (χ1v) is 8.85. The lowest BCUT2D eigenvalue weighted by molar-refractivity contribution is -0.143. The van der Waals surface area contributed by atoms with Gasteiger partial charge in [0.2, 0.25) is 5.91 Å². The SMILES string of the molecule is CC1CN(C(=O)CCNCc2cnn(-c3ccccc3)c2)CC(C)O1. The molecule has 1 saturated heterocycles. The maximum absolute atomic E-state index is 12.3. The van der Waals surface area contributed by atoms with E-state index in [1.807, 2.05) is 66.2 Å². The molecule has 1 aromatic carbocycles. The summed E-state index contributed by atoms with van der Waals surface area (Å²) in [5.74, 6) is 0.189. The van der Waals surface area contributed by atoms with Crippen LogP contribution in [-0.4, -0.2) is 52.4 Å². The molecule has 1 fully saturated rings. The molecule has 6 nitrogen and oxygen atoms in total. The van der Waals surface area contributed by atoms with Crippen LogP contribution in [0.15, 0.2) is 42.7 Å². The fraction of sp³-hybridized carbons (Fsp3) is 0.474. The molecule has 0 aliphatic carbocycles. The summed E-state index contributed by atoms with van der Waals surface area (Å²) in [6, 6.07) is 10.0. The Morgan fingerprint density at radius 1 is 1.24 bits per heavy atom. The molecule has 2 heterocycles. The van der Waals surface area contributed by atoms with Crippen LogP contribution in [0.1, 0.15) is 25.8 Å². The molecule has 0 spiro atoms. The summed E-state index contributed by atoms with van der Waals surface area (Å²) < 4.78 is 7.53. The Kier molecular flexibility index (Phi) is 5.83. The molecule has 6 heteroatoms. The number of nitrogens with one attached hydrogen (secondary N) is 1. The van der Waals surface area contributed by atoms with Crippen molar-refractivity contribution in [1.82, 2.24) is 20.0 Å². The third kappa shape index (κ3) is 4.90. The Morgan fingerprint density at radius 2 is 1.96 bits per heavy atom. The van der Waals surface area contributed by atoms with Gasteiger partial charge in [0, 0.05) is 44.4 Å². The summed E-state index contributed by atoms with van der Waals surface area (Å²) in [6.45, 7) is 6.77. The molecule has 0 saturated carbocycles. The molecule has 0 bridgehead atoms. The number of morpholine rings is 1. The van der Waals surface area contributed by atoms with E-state index in [0.29, 0.717) is 32.6 Å². The van der Waals surface area contributed by atoms with Gasteiger partial charge >= 0.3 is 0 Å². The van der Waals surface area contributed by atoms with Crippen LogP contribution in [0.2, 0.25) is 0 Å². The first-order chi connectivity index (χ1) is 12.1. The van der Waals surface area contributed by atoms with Gasteiger partial charge in [-0.2, -0.15) is 5.10 Å². The summed E-state index contributed by atoms with van der Waals surface area (Å²) in [5.41, 5.74) is 2.14. The molecule has 0 radical (unpaired) electrons. The molecule has 3 rings (SSSR count). The van der Waals surface area contributed by atoms with E-state index in [9.17, 15) is 4.79 Å². The van der Waals surface area contributed by atoms with E-state index in [1.165, 1.54) is 0 Å². The second kappa shape index (κ2) is 8.27. The van der Waals surface area contributed by atoms with Gasteiger partial charge in [0.15, 0.2) is 0 Å². The fourth-order valence-corrected chi connectivity index (χ4v) is 3.14. The van der Waals surface area contributed by atoms with Gasteiger partial charge in [-0.15, -0.1) is 0 Å². The number of ether oxygens (including phenoxy) is 1. The maximum atomic E-state index is 12.3. The maximum Gasteiger partial charge on any atom is 0.224 e. The van der Waals surface area contributed by atoms with Crippen molar-refractivity contribution < 1.29 is 9.53 Å². The minimum absolute atomic E-state index is 0.115. The standard InChI is InChI=1S/C19H26N4O2/c1-15-12-22(13-16(2)25-15)19(24)8-9-20-10-17-11-21-23(14-17)18-6-4-3-5-7-18/h3-7,11,14-16,20H,8-10,12-13H2,1-2H3. The summed E-state index contributed by atoms with van der Waals surface area (Å²) in [6.07, 6.45) is 4.60. The van der Waals surface area contributed by atoms with Crippen molar-refractivity contribution in [3.05, 3.63) is 48.3 Å². The molecule has 1 aliphatic rings. The Hall–Kier alpha value is -2.18. The first kappa shape index (κ1) is 17.6. The van der Waals surface area contributed by atoms with Crippen LogP contribution < -0.4 is 5.32 Å². The number of carbonyl (C=O) groups excluding carboxylic acids is 1. The van der Waals surface area contributed by atoms with Gasteiger partial charge in [-0.1, -0.05) is 18.2 Å². The number of para-hydroxylation sites is 1. The highest BCUT2D eigenvalue weighted by molar-refractivity contribution is 5.76. The van der Waals surface area contributed by atoms with Crippen LogP contribution in [0.5, 0.6) is 0 Å². The predicted octanol–water partition coefficient (Wildman–Crippen LogP) is 1.99. The van der Waals surface area contributed by atoms with Crippen molar-refractivity contribution in [3.63, 3.8) is 0 Å². The largest absolute Gasteiger partial charge is 0.372 e. The van der Waals surface area contributed by atoms with Gasteiger partial charge in [0.05, 0.1) is 24.1 Å². The van der Waals surface area contributed by atoms with Crippen LogP contribution >= 0.6 is 0 Å². The Morgan fingerprint density at radius 3 is 2.68 bits per heavy atom. The second-order valence-electron chi connectivity index (χ2n) is 6.61. The molecule has 2 unspecified atom stereocenters. The first-order valence-electron chi connectivity index (χ1n) is 8.85. The van der Waals surface area contributed by atoms with E-state index in [0.717, 1.165) is 11.3 Å². The average molecular weight is 342 g/mol. The summed E-state index contributed by atoms with van der Waals surface area (Å²) in [7, 11) is 0. The minimum Gasteiger partial charge on any atom is -0.372 e. The summed E-state index contributed by atoms with van der Waals surface area (Å²) in [5, 5.41) is 7.70. The molecule has 1 aromatic heterocycles. The van der Waals surface area contributed by atoms with Crippen molar-refractivity contribution in [2.75, 3.05) is 19.6 Å². The van der Waals surface area contributed by atoms with Crippen molar-refractivity contribution in [3.8, 4) is 5.69 Å². The van der Waals surface area contributed by atoms with E-state index >= 15 is 0 Å². The normalized spacial score (nSPS) is 20.6. The number of nitrogens with zero attached hydrogens (tertiary/aromatic N) is 3. The van der Waals surface area contributed by atoms with Gasteiger partial charge < -0.3 is 15.0 Å². The van der Waals surface area contributed by atoms with Crippen molar-refractivity contribution in [1.29, 1.82) is 0 Å². The summed E-state index contributed by atoms with van der Waals surface area (Å²) in [4.78, 5) is 14.2. The monoisotopic (exact) mass is 342 g/mol. The van der Waals surface area contributed by atoms with Gasteiger partial charge in [-0.3, -0.25) is 4.79 Å². The highest BCUT2D eigenvalue weighted by atomic mass is 16.5. The number of aromatic nitrogens is 2. The van der Waals surface area contributed by atoms with Gasteiger partial charge in [-0.05, 0) is 26.0 Å². The lowest BCUT2D eigenvalue weighted by atomic mass is 10.2. The summed E-state index contributed by atoms with van der Waals surface area (Å²) >= 11 is 0. The lowest BCUT2D eigenvalue weighted by Gasteiger charge is -2.35.